The fourth-order valence-corrected chi connectivity index (χ4v) is 2.59. The number of nitrogen functional groups attached to an aromatic ring is 1. The fourth-order valence-electron chi connectivity index (χ4n) is 2.59. The lowest BCUT2D eigenvalue weighted by Gasteiger charge is -2.13. The van der Waals surface area contributed by atoms with Gasteiger partial charge in [0.1, 0.15) is 5.82 Å². The Hall–Kier alpha value is -3.02. The van der Waals surface area contributed by atoms with E-state index in [1.54, 1.807) is 12.1 Å². The van der Waals surface area contributed by atoms with Crippen LogP contribution in [0.25, 0.3) is 11.4 Å². The van der Waals surface area contributed by atoms with E-state index in [0.29, 0.717) is 17.8 Å². The highest BCUT2D eigenvalue weighted by Crippen LogP contribution is 2.24. The van der Waals surface area contributed by atoms with Gasteiger partial charge in [0, 0.05) is 5.56 Å². The number of nitrogens with zero attached hydrogens (tertiary/aromatic N) is 3. The van der Waals surface area contributed by atoms with Gasteiger partial charge in [0.25, 0.3) is 5.91 Å². The Kier molecular flexibility index (Phi) is 4.37. The van der Waals surface area contributed by atoms with Crippen LogP contribution in [0.4, 0.5) is 10.3 Å². The van der Waals surface area contributed by atoms with E-state index in [2.05, 4.69) is 10.1 Å². The van der Waals surface area contributed by atoms with Crippen LogP contribution in [0.5, 0.6) is 0 Å². The SMILES string of the molecule is CC[C@H](C(=O)n1nc(-c2ccc(F)cc2)nc1N)c1ccccc1. The Labute approximate surface area is 138 Å². The molecule has 5 nitrogen and oxygen atoms in total. The number of carbonyl (C=O) groups excluding carboxylic acids is 1. The topological polar surface area (TPSA) is 73.8 Å². The van der Waals surface area contributed by atoms with E-state index in [0.717, 1.165) is 10.2 Å². The molecular weight excluding hydrogens is 307 g/mol. The quantitative estimate of drug-likeness (QED) is 0.797. The molecule has 0 aliphatic rings. The van der Waals surface area contributed by atoms with Gasteiger partial charge in [-0.05, 0) is 36.2 Å². The predicted octanol–water partition coefficient (Wildman–Crippen LogP) is 3.50. The summed E-state index contributed by atoms with van der Waals surface area (Å²) in [5.74, 6) is -0.617. The van der Waals surface area contributed by atoms with Crippen molar-refractivity contribution >= 4 is 11.9 Å². The predicted molar refractivity (Wildman–Crippen MR) is 89.9 cm³/mol. The van der Waals surface area contributed by atoms with Crippen molar-refractivity contribution in [1.82, 2.24) is 14.8 Å². The molecule has 0 aliphatic carbocycles. The molecule has 1 aromatic heterocycles. The number of carbonyl (C=O) groups is 1. The van der Waals surface area contributed by atoms with E-state index >= 15 is 0 Å². The second-order valence-electron chi connectivity index (χ2n) is 5.42. The van der Waals surface area contributed by atoms with Crippen molar-refractivity contribution < 1.29 is 9.18 Å². The molecule has 122 valence electrons. The Morgan fingerprint density at radius 1 is 1.17 bits per heavy atom. The molecule has 6 heteroatoms. The van der Waals surface area contributed by atoms with Crippen molar-refractivity contribution in [2.45, 2.75) is 19.3 Å². The first kappa shape index (κ1) is 15.9. The van der Waals surface area contributed by atoms with Crippen LogP contribution in [-0.4, -0.2) is 20.7 Å². The lowest BCUT2D eigenvalue weighted by Crippen LogP contribution is -2.22. The maximum atomic E-state index is 13.0. The first-order valence-corrected chi connectivity index (χ1v) is 7.67. The highest BCUT2D eigenvalue weighted by Gasteiger charge is 2.24. The first-order chi connectivity index (χ1) is 11.6. The van der Waals surface area contributed by atoms with Crippen LogP contribution in [-0.2, 0) is 0 Å². The molecule has 0 fully saturated rings. The zero-order valence-electron chi connectivity index (χ0n) is 13.2. The molecule has 2 aromatic carbocycles. The third-order valence-electron chi connectivity index (χ3n) is 3.85. The van der Waals surface area contributed by atoms with E-state index in [9.17, 15) is 9.18 Å². The maximum absolute atomic E-state index is 13.0. The van der Waals surface area contributed by atoms with Crippen LogP contribution >= 0.6 is 0 Å². The fraction of sp³-hybridized carbons (Fsp3) is 0.167. The zero-order chi connectivity index (χ0) is 17.1. The van der Waals surface area contributed by atoms with Crippen LogP contribution in [0.1, 0.15) is 29.6 Å². The normalized spacial score (nSPS) is 12.1. The summed E-state index contributed by atoms with van der Waals surface area (Å²) >= 11 is 0. The van der Waals surface area contributed by atoms with Crippen molar-refractivity contribution in [3.8, 4) is 11.4 Å². The van der Waals surface area contributed by atoms with Crippen molar-refractivity contribution in [2.24, 2.45) is 0 Å². The molecule has 1 atom stereocenters. The average molecular weight is 324 g/mol. The van der Waals surface area contributed by atoms with Gasteiger partial charge >= 0.3 is 0 Å². The molecule has 3 aromatic rings. The summed E-state index contributed by atoms with van der Waals surface area (Å²) in [5.41, 5.74) is 7.38. The smallest absolute Gasteiger partial charge is 0.257 e. The van der Waals surface area contributed by atoms with Crippen LogP contribution in [0, 0.1) is 5.82 Å². The lowest BCUT2D eigenvalue weighted by atomic mass is 9.96. The largest absolute Gasteiger partial charge is 0.368 e. The molecule has 0 saturated carbocycles. The number of anilines is 1. The minimum absolute atomic E-state index is 0.0220. The molecule has 3 rings (SSSR count). The monoisotopic (exact) mass is 324 g/mol. The Balaban J connectivity index is 1.94. The Bertz CT molecular complexity index is 843. The molecule has 0 saturated heterocycles. The number of halogens is 1. The molecule has 0 unspecified atom stereocenters. The summed E-state index contributed by atoms with van der Waals surface area (Å²) in [4.78, 5) is 16.9. The zero-order valence-corrected chi connectivity index (χ0v) is 13.2. The molecule has 0 aliphatic heterocycles. The lowest BCUT2D eigenvalue weighted by molar-refractivity contribution is 0.0862. The number of rotatable bonds is 4. The summed E-state index contributed by atoms with van der Waals surface area (Å²) in [6.45, 7) is 1.93. The number of nitrogens with two attached hydrogens (primary N) is 1. The van der Waals surface area contributed by atoms with Gasteiger partial charge in [-0.2, -0.15) is 9.67 Å². The molecule has 0 amide bonds. The molecule has 1 heterocycles. The first-order valence-electron chi connectivity index (χ1n) is 7.67. The Morgan fingerprint density at radius 3 is 2.46 bits per heavy atom. The van der Waals surface area contributed by atoms with Crippen LogP contribution in [0.2, 0.25) is 0 Å². The van der Waals surface area contributed by atoms with E-state index in [4.69, 9.17) is 5.73 Å². The minimum Gasteiger partial charge on any atom is -0.368 e. The van der Waals surface area contributed by atoms with Gasteiger partial charge < -0.3 is 5.73 Å². The summed E-state index contributed by atoms with van der Waals surface area (Å²) < 4.78 is 14.2. The second-order valence-corrected chi connectivity index (χ2v) is 5.42. The average Bonchev–Trinajstić information content (AvgIpc) is 2.99. The van der Waals surface area contributed by atoms with Gasteiger partial charge in [-0.3, -0.25) is 4.79 Å². The van der Waals surface area contributed by atoms with E-state index in [-0.39, 0.29) is 23.6 Å². The second kappa shape index (κ2) is 6.62. The number of benzene rings is 2. The minimum atomic E-state index is -0.351. The highest BCUT2D eigenvalue weighted by atomic mass is 19.1. The molecule has 2 N–H and O–H groups in total. The number of hydrogen-bond donors (Lipinski definition) is 1. The van der Waals surface area contributed by atoms with Gasteiger partial charge in [0.05, 0.1) is 5.92 Å². The van der Waals surface area contributed by atoms with Crippen molar-refractivity contribution in [3.63, 3.8) is 0 Å². The van der Waals surface area contributed by atoms with E-state index < -0.39 is 0 Å². The maximum Gasteiger partial charge on any atom is 0.257 e. The van der Waals surface area contributed by atoms with Crippen molar-refractivity contribution in [2.75, 3.05) is 5.73 Å². The third-order valence-corrected chi connectivity index (χ3v) is 3.85. The van der Waals surface area contributed by atoms with Gasteiger partial charge in [0.2, 0.25) is 5.95 Å². The van der Waals surface area contributed by atoms with Crippen LogP contribution in [0.15, 0.2) is 54.6 Å². The van der Waals surface area contributed by atoms with Crippen molar-refractivity contribution in [3.05, 3.63) is 66.0 Å². The van der Waals surface area contributed by atoms with Crippen LogP contribution in [0.3, 0.4) is 0 Å². The summed E-state index contributed by atoms with van der Waals surface area (Å²) in [6.07, 6.45) is 0.619. The molecule has 24 heavy (non-hydrogen) atoms. The summed E-state index contributed by atoms with van der Waals surface area (Å²) in [5, 5.41) is 4.21. The van der Waals surface area contributed by atoms with E-state index in [1.807, 2.05) is 37.3 Å². The standard InChI is InChI=1S/C18H17FN4O/c1-2-15(12-6-4-3-5-7-12)17(24)23-18(20)21-16(22-23)13-8-10-14(19)11-9-13/h3-11,15H,2H2,1H3,(H2,20,21,22)/t15-/m0/s1. The number of hydrogen-bond acceptors (Lipinski definition) is 4. The third kappa shape index (κ3) is 3.03. The summed E-state index contributed by atoms with van der Waals surface area (Å²) in [7, 11) is 0. The van der Waals surface area contributed by atoms with Crippen LogP contribution < -0.4 is 5.73 Å². The molecule has 0 spiro atoms. The van der Waals surface area contributed by atoms with Gasteiger partial charge in [-0.1, -0.05) is 37.3 Å². The Morgan fingerprint density at radius 2 is 1.83 bits per heavy atom. The van der Waals surface area contributed by atoms with E-state index in [1.165, 1.54) is 12.1 Å². The molecule has 0 bridgehead atoms. The molecular formula is C18H17FN4O. The summed E-state index contributed by atoms with van der Waals surface area (Å²) in [6, 6.07) is 15.2. The van der Waals surface area contributed by atoms with Gasteiger partial charge in [-0.25, -0.2) is 4.39 Å². The molecule has 0 radical (unpaired) electrons. The highest BCUT2D eigenvalue weighted by molar-refractivity contribution is 5.87. The van der Waals surface area contributed by atoms with Gasteiger partial charge in [0.15, 0.2) is 5.82 Å². The number of aromatic nitrogens is 3. The van der Waals surface area contributed by atoms with Gasteiger partial charge in [-0.15, -0.1) is 5.10 Å². The van der Waals surface area contributed by atoms with Crippen molar-refractivity contribution in [1.29, 1.82) is 0 Å².